The van der Waals surface area contributed by atoms with Crippen LogP contribution in [0.4, 0.5) is 5.69 Å². The summed E-state index contributed by atoms with van der Waals surface area (Å²) in [5, 5.41) is 7.61. The molecule has 1 aromatic carbocycles. The zero-order valence-corrected chi connectivity index (χ0v) is 16.6. The third-order valence-corrected chi connectivity index (χ3v) is 7.29. The van der Waals surface area contributed by atoms with Crippen LogP contribution in [-0.2, 0) is 22.7 Å². The Hall–Kier alpha value is -2.15. The minimum atomic E-state index is -3.04. The molecule has 2 aliphatic rings. The third-order valence-electron chi connectivity index (χ3n) is 5.54. The lowest BCUT2D eigenvalue weighted by Crippen LogP contribution is -2.23. The van der Waals surface area contributed by atoms with Crippen molar-refractivity contribution in [2.24, 2.45) is 0 Å². The van der Waals surface area contributed by atoms with E-state index in [-0.39, 0.29) is 23.5 Å². The number of aromatic nitrogens is 2. The molecule has 1 fully saturated rings. The summed E-state index contributed by atoms with van der Waals surface area (Å²) in [6.07, 6.45) is 3.19. The van der Waals surface area contributed by atoms with Crippen LogP contribution in [0.3, 0.4) is 0 Å². The molecular formula is C20H25N3O3S. The summed E-state index contributed by atoms with van der Waals surface area (Å²) in [5.74, 6) is 0.465. The summed E-state index contributed by atoms with van der Waals surface area (Å²) >= 11 is 0. The summed E-state index contributed by atoms with van der Waals surface area (Å²) in [4.78, 5) is 13.1. The zero-order valence-electron chi connectivity index (χ0n) is 15.7. The molecule has 1 atom stereocenters. The van der Waals surface area contributed by atoms with Crippen molar-refractivity contribution in [2.45, 2.75) is 51.5 Å². The Kier molecular flexibility index (Phi) is 4.58. The molecule has 0 radical (unpaired) electrons. The van der Waals surface area contributed by atoms with Gasteiger partial charge in [0.1, 0.15) is 5.69 Å². The van der Waals surface area contributed by atoms with Crippen LogP contribution in [0.5, 0.6) is 0 Å². The number of nitrogens with one attached hydrogen (secondary N) is 1. The van der Waals surface area contributed by atoms with Crippen molar-refractivity contribution < 1.29 is 13.2 Å². The Morgan fingerprint density at radius 2 is 1.96 bits per heavy atom. The van der Waals surface area contributed by atoms with Gasteiger partial charge in [-0.2, -0.15) is 5.10 Å². The van der Waals surface area contributed by atoms with Crippen molar-refractivity contribution in [3.8, 4) is 0 Å². The second-order valence-corrected chi connectivity index (χ2v) is 10.1. The van der Waals surface area contributed by atoms with Crippen molar-refractivity contribution in [1.29, 1.82) is 0 Å². The van der Waals surface area contributed by atoms with Gasteiger partial charge >= 0.3 is 0 Å². The first-order valence-electron chi connectivity index (χ1n) is 9.56. The maximum atomic E-state index is 13.1. The third kappa shape index (κ3) is 3.52. The average molecular weight is 388 g/mol. The highest BCUT2D eigenvalue weighted by atomic mass is 32.2. The quantitative estimate of drug-likeness (QED) is 0.874. The maximum Gasteiger partial charge on any atom is 0.274 e. The Labute approximate surface area is 159 Å². The number of hydrogen-bond donors (Lipinski definition) is 1. The van der Waals surface area contributed by atoms with Crippen LogP contribution in [-0.4, -0.2) is 35.6 Å². The van der Waals surface area contributed by atoms with Crippen LogP contribution in [0.15, 0.2) is 24.3 Å². The smallest absolute Gasteiger partial charge is 0.274 e. The molecule has 1 N–H and O–H groups in total. The van der Waals surface area contributed by atoms with Gasteiger partial charge in [-0.15, -0.1) is 0 Å². The molecule has 6 nitrogen and oxygen atoms in total. The molecule has 7 heteroatoms. The Balaban J connectivity index is 1.63. The molecule has 144 valence electrons. The lowest BCUT2D eigenvalue weighted by Gasteiger charge is -2.15. The monoisotopic (exact) mass is 387 g/mol. The van der Waals surface area contributed by atoms with E-state index in [1.54, 1.807) is 4.68 Å². The molecule has 1 saturated heterocycles. The topological polar surface area (TPSA) is 81.1 Å². The molecule has 0 saturated carbocycles. The van der Waals surface area contributed by atoms with Crippen molar-refractivity contribution >= 4 is 21.4 Å². The summed E-state index contributed by atoms with van der Waals surface area (Å²) in [7, 11) is -3.04. The summed E-state index contributed by atoms with van der Waals surface area (Å²) < 4.78 is 25.5. The van der Waals surface area contributed by atoms with Gasteiger partial charge in [-0.05, 0) is 49.3 Å². The van der Waals surface area contributed by atoms with E-state index < -0.39 is 9.84 Å². The van der Waals surface area contributed by atoms with E-state index in [1.165, 1.54) is 5.56 Å². The molecule has 0 bridgehead atoms. The predicted molar refractivity (Wildman–Crippen MR) is 105 cm³/mol. The van der Waals surface area contributed by atoms with Crippen molar-refractivity contribution in [3.05, 3.63) is 46.8 Å². The Bertz CT molecular complexity index is 975. The second kappa shape index (κ2) is 6.78. The fourth-order valence-electron chi connectivity index (χ4n) is 4.03. The highest BCUT2D eigenvalue weighted by molar-refractivity contribution is 7.91. The van der Waals surface area contributed by atoms with Crippen LogP contribution >= 0.6 is 0 Å². The highest BCUT2D eigenvalue weighted by Crippen LogP contribution is 2.31. The SMILES string of the molecule is CC(C)c1ccc(NC(=O)c2c3c(nn2C2CCS(=O)(=O)C2)CCC3)cc1. The predicted octanol–water partition coefficient (Wildman–Crippen LogP) is 3.11. The summed E-state index contributed by atoms with van der Waals surface area (Å²) in [6, 6.07) is 7.61. The number of aryl methyl sites for hydroxylation is 1. The number of benzene rings is 1. The number of sulfone groups is 1. The number of amides is 1. The fourth-order valence-corrected chi connectivity index (χ4v) is 5.72. The van der Waals surface area contributed by atoms with Gasteiger partial charge in [-0.3, -0.25) is 9.48 Å². The lowest BCUT2D eigenvalue weighted by molar-refractivity contribution is 0.101. The van der Waals surface area contributed by atoms with Gasteiger partial charge in [0.15, 0.2) is 9.84 Å². The van der Waals surface area contributed by atoms with Gasteiger partial charge in [0.2, 0.25) is 0 Å². The zero-order chi connectivity index (χ0) is 19.2. The molecule has 1 aliphatic carbocycles. The van der Waals surface area contributed by atoms with Gasteiger partial charge in [-0.25, -0.2) is 8.42 Å². The number of rotatable bonds is 4. The van der Waals surface area contributed by atoms with Crippen LogP contribution < -0.4 is 5.32 Å². The highest BCUT2D eigenvalue weighted by Gasteiger charge is 2.35. The number of anilines is 1. The Morgan fingerprint density at radius 1 is 1.22 bits per heavy atom. The number of carbonyl (C=O) groups is 1. The van der Waals surface area contributed by atoms with E-state index >= 15 is 0 Å². The van der Waals surface area contributed by atoms with Crippen molar-refractivity contribution in [2.75, 3.05) is 16.8 Å². The summed E-state index contributed by atoms with van der Waals surface area (Å²) in [6.45, 7) is 4.26. The van der Waals surface area contributed by atoms with E-state index in [0.717, 1.165) is 36.2 Å². The fraction of sp³-hybridized carbons (Fsp3) is 0.500. The first-order chi connectivity index (χ1) is 12.8. The van der Waals surface area contributed by atoms with Gasteiger partial charge in [0.05, 0.1) is 23.2 Å². The molecule has 2 heterocycles. The van der Waals surface area contributed by atoms with E-state index in [0.29, 0.717) is 18.0 Å². The van der Waals surface area contributed by atoms with Crippen molar-refractivity contribution in [3.63, 3.8) is 0 Å². The van der Waals surface area contributed by atoms with Crippen LogP contribution in [0.25, 0.3) is 0 Å². The molecule has 1 amide bonds. The van der Waals surface area contributed by atoms with E-state index in [2.05, 4.69) is 24.3 Å². The number of hydrogen-bond acceptors (Lipinski definition) is 4. The first kappa shape index (κ1) is 18.2. The Morgan fingerprint density at radius 3 is 2.59 bits per heavy atom. The van der Waals surface area contributed by atoms with Gasteiger partial charge in [-0.1, -0.05) is 26.0 Å². The van der Waals surface area contributed by atoms with Gasteiger partial charge in [0, 0.05) is 11.3 Å². The summed E-state index contributed by atoms with van der Waals surface area (Å²) in [5.41, 5.74) is 4.42. The molecule has 27 heavy (non-hydrogen) atoms. The van der Waals surface area contributed by atoms with Gasteiger partial charge < -0.3 is 5.32 Å². The number of carbonyl (C=O) groups excluding carboxylic acids is 1. The van der Waals surface area contributed by atoms with E-state index in [1.807, 2.05) is 24.3 Å². The standard InChI is InChI=1S/C20H25N3O3S/c1-13(2)14-6-8-15(9-7-14)21-20(24)19-17-4-3-5-18(17)22-23(19)16-10-11-27(25,26)12-16/h6-9,13,16H,3-5,10-12H2,1-2H3,(H,21,24). The molecule has 2 aromatic rings. The average Bonchev–Trinajstić information content (AvgIpc) is 3.28. The van der Waals surface area contributed by atoms with Gasteiger partial charge in [0.25, 0.3) is 5.91 Å². The second-order valence-electron chi connectivity index (χ2n) is 7.86. The minimum absolute atomic E-state index is 0.0664. The lowest BCUT2D eigenvalue weighted by atomic mass is 10.0. The molecule has 1 unspecified atom stereocenters. The number of fused-ring (bicyclic) bond motifs is 1. The number of nitrogens with zero attached hydrogens (tertiary/aromatic N) is 2. The molecule has 1 aliphatic heterocycles. The maximum absolute atomic E-state index is 13.1. The van der Waals surface area contributed by atoms with E-state index in [9.17, 15) is 13.2 Å². The molecule has 0 spiro atoms. The van der Waals surface area contributed by atoms with Crippen LogP contribution in [0.1, 0.15) is 66.0 Å². The first-order valence-corrected chi connectivity index (χ1v) is 11.4. The molecule has 4 rings (SSSR count). The normalized spacial score (nSPS) is 20.8. The minimum Gasteiger partial charge on any atom is -0.321 e. The van der Waals surface area contributed by atoms with Crippen LogP contribution in [0.2, 0.25) is 0 Å². The largest absolute Gasteiger partial charge is 0.321 e. The van der Waals surface area contributed by atoms with Crippen molar-refractivity contribution in [1.82, 2.24) is 9.78 Å². The molecule has 1 aromatic heterocycles. The molecular weight excluding hydrogens is 362 g/mol. The van der Waals surface area contributed by atoms with E-state index in [4.69, 9.17) is 0 Å². The van der Waals surface area contributed by atoms with Crippen LogP contribution in [0, 0.1) is 0 Å².